The van der Waals surface area contributed by atoms with Crippen LogP contribution in [0.3, 0.4) is 0 Å². The first kappa shape index (κ1) is 8.84. The van der Waals surface area contributed by atoms with Crippen LogP contribution in [0.1, 0.15) is 10.4 Å². The van der Waals surface area contributed by atoms with Gasteiger partial charge in [-0.1, -0.05) is 18.2 Å². The highest BCUT2D eigenvalue weighted by molar-refractivity contribution is 7.36. The molecule has 0 aliphatic carbocycles. The van der Waals surface area contributed by atoms with E-state index in [9.17, 15) is 9.36 Å². The number of carbonyl (C=O) groups is 1. The molecule has 0 heterocycles. The number of carbonyl (C=O) groups excluding carboxylic acids is 1. The van der Waals surface area contributed by atoms with E-state index in [-0.39, 0.29) is 0 Å². The quantitative estimate of drug-likeness (QED) is 0.675. The highest BCUT2D eigenvalue weighted by atomic mass is 31.1. The van der Waals surface area contributed by atoms with Crippen molar-refractivity contribution in [2.45, 2.75) is 0 Å². The molecular formula is C7H7NO3P+. The summed E-state index contributed by atoms with van der Waals surface area (Å²) in [6, 6.07) is 8.25. The second-order valence-corrected chi connectivity index (χ2v) is 2.85. The van der Waals surface area contributed by atoms with Crippen LogP contribution >= 0.6 is 8.18 Å². The maximum absolute atomic E-state index is 11.0. The van der Waals surface area contributed by atoms with Gasteiger partial charge in [0.15, 0.2) is 0 Å². The Balaban J connectivity index is 2.73. The molecule has 0 aromatic heterocycles. The fraction of sp³-hybridized carbons (Fsp3) is 0. The van der Waals surface area contributed by atoms with Crippen molar-refractivity contribution in [3.8, 4) is 0 Å². The van der Waals surface area contributed by atoms with Crippen molar-refractivity contribution in [2.75, 3.05) is 0 Å². The largest absolute Gasteiger partial charge is 0.643 e. The van der Waals surface area contributed by atoms with Gasteiger partial charge in [-0.15, -0.1) is 9.98 Å². The Kier molecular flexibility index (Phi) is 2.91. The maximum atomic E-state index is 11.0. The number of nitrogens with one attached hydrogen (secondary N) is 1. The molecule has 2 N–H and O–H groups in total. The average Bonchev–Trinajstić information content (AvgIpc) is 2.05. The first-order valence-corrected chi connectivity index (χ1v) is 4.43. The molecule has 0 fully saturated rings. The van der Waals surface area contributed by atoms with E-state index in [1.54, 1.807) is 30.3 Å². The molecule has 1 amide bonds. The average molecular weight is 184 g/mol. The van der Waals surface area contributed by atoms with Gasteiger partial charge in [0.05, 0.1) is 0 Å². The predicted molar refractivity (Wildman–Crippen MR) is 43.7 cm³/mol. The van der Waals surface area contributed by atoms with Crippen molar-refractivity contribution in [3.63, 3.8) is 0 Å². The Labute approximate surface area is 70.1 Å². The molecule has 0 bridgehead atoms. The zero-order valence-corrected chi connectivity index (χ0v) is 6.99. The minimum Gasteiger partial charge on any atom is -0.265 e. The third-order valence-electron chi connectivity index (χ3n) is 1.23. The Morgan fingerprint density at radius 3 is 2.42 bits per heavy atom. The minimum absolute atomic E-state index is 0.370. The standard InChI is InChI=1S/C7H6NO3P/c9-7(8-12(10)11)6-4-2-1-3-5-6/h1-5H,(H-,8,9,10,11)/p+1. The molecule has 0 saturated carbocycles. The molecule has 12 heavy (non-hydrogen) atoms. The van der Waals surface area contributed by atoms with Crippen LogP contribution in [0.25, 0.3) is 0 Å². The first-order valence-electron chi connectivity index (χ1n) is 3.22. The molecule has 1 aromatic rings. The molecule has 0 radical (unpaired) electrons. The molecule has 1 aromatic carbocycles. The van der Waals surface area contributed by atoms with Gasteiger partial charge in [-0.2, -0.15) is 0 Å². The minimum atomic E-state index is -2.61. The lowest BCUT2D eigenvalue weighted by Gasteiger charge is -1.91. The summed E-state index contributed by atoms with van der Waals surface area (Å²) < 4.78 is 10.2. The van der Waals surface area contributed by atoms with E-state index in [1.165, 1.54) is 0 Å². The Morgan fingerprint density at radius 1 is 1.33 bits per heavy atom. The lowest BCUT2D eigenvalue weighted by Crippen LogP contribution is -2.14. The highest BCUT2D eigenvalue weighted by Gasteiger charge is 2.16. The van der Waals surface area contributed by atoms with Crippen LogP contribution in [0.15, 0.2) is 30.3 Å². The monoisotopic (exact) mass is 184 g/mol. The predicted octanol–water partition coefficient (Wildman–Crippen LogP) is 1.07. The SMILES string of the molecule is O=C(N[P+](=O)O)c1ccccc1. The third kappa shape index (κ3) is 2.42. The van der Waals surface area contributed by atoms with Crippen molar-refractivity contribution in [2.24, 2.45) is 0 Å². The van der Waals surface area contributed by atoms with E-state index in [0.717, 1.165) is 0 Å². The Bertz CT molecular complexity index is 299. The lowest BCUT2D eigenvalue weighted by atomic mass is 10.2. The van der Waals surface area contributed by atoms with Gasteiger partial charge in [0, 0.05) is 5.56 Å². The summed E-state index contributed by atoms with van der Waals surface area (Å²) in [4.78, 5) is 19.4. The van der Waals surface area contributed by atoms with Crippen molar-refractivity contribution >= 4 is 14.1 Å². The number of benzene rings is 1. The molecule has 0 saturated heterocycles. The normalized spacial score (nSPS) is 10.6. The second kappa shape index (κ2) is 3.95. The van der Waals surface area contributed by atoms with E-state index in [0.29, 0.717) is 5.56 Å². The van der Waals surface area contributed by atoms with Crippen molar-refractivity contribution in [3.05, 3.63) is 35.9 Å². The van der Waals surface area contributed by atoms with Crippen LogP contribution in [0.2, 0.25) is 0 Å². The summed E-state index contributed by atoms with van der Waals surface area (Å²) in [6.07, 6.45) is 0. The Morgan fingerprint density at radius 2 is 1.92 bits per heavy atom. The molecule has 4 nitrogen and oxygen atoms in total. The molecule has 0 aliphatic heterocycles. The van der Waals surface area contributed by atoms with Crippen molar-refractivity contribution in [1.29, 1.82) is 0 Å². The number of hydrogen-bond acceptors (Lipinski definition) is 2. The summed E-state index contributed by atoms with van der Waals surface area (Å²) in [5.41, 5.74) is 0.370. The summed E-state index contributed by atoms with van der Waals surface area (Å²) in [6.45, 7) is 0. The molecule has 0 spiro atoms. The smallest absolute Gasteiger partial charge is 0.265 e. The van der Waals surface area contributed by atoms with Crippen LogP contribution in [0.4, 0.5) is 0 Å². The molecule has 62 valence electrons. The van der Waals surface area contributed by atoms with Gasteiger partial charge < -0.3 is 0 Å². The topological polar surface area (TPSA) is 66.4 Å². The van der Waals surface area contributed by atoms with Gasteiger partial charge >= 0.3 is 8.18 Å². The van der Waals surface area contributed by atoms with E-state index in [1.807, 2.05) is 5.09 Å². The van der Waals surface area contributed by atoms with Crippen LogP contribution in [0.5, 0.6) is 0 Å². The van der Waals surface area contributed by atoms with Crippen LogP contribution in [-0.4, -0.2) is 10.8 Å². The van der Waals surface area contributed by atoms with Crippen LogP contribution in [0, 0.1) is 0 Å². The number of hydrogen-bond donors (Lipinski definition) is 2. The molecule has 0 aliphatic rings. The zero-order chi connectivity index (χ0) is 8.97. The lowest BCUT2D eigenvalue weighted by molar-refractivity contribution is 0.0979. The van der Waals surface area contributed by atoms with Gasteiger partial charge in [0.1, 0.15) is 0 Å². The first-order chi connectivity index (χ1) is 5.70. The number of rotatable bonds is 2. The fourth-order valence-corrected chi connectivity index (χ4v) is 1.04. The van der Waals surface area contributed by atoms with E-state index < -0.39 is 14.1 Å². The van der Waals surface area contributed by atoms with Gasteiger partial charge in [-0.3, -0.25) is 4.79 Å². The molecular weight excluding hydrogens is 177 g/mol. The van der Waals surface area contributed by atoms with Gasteiger partial charge in [-0.25, -0.2) is 0 Å². The van der Waals surface area contributed by atoms with Crippen LogP contribution in [-0.2, 0) is 4.57 Å². The van der Waals surface area contributed by atoms with Gasteiger partial charge in [-0.05, 0) is 16.7 Å². The van der Waals surface area contributed by atoms with E-state index in [2.05, 4.69) is 0 Å². The summed E-state index contributed by atoms with van der Waals surface area (Å²) in [7, 11) is -2.61. The fourth-order valence-electron chi connectivity index (χ4n) is 0.741. The van der Waals surface area contributed by atoms with Crippen molar-refractivity contribution < 1.29 is 14.3 Å². The second-order valence-electron chi connectivity index (χ2n) is 2.08. The summed E-state index contributed by atoms with van der Waals surface area (Å²) >= 11 is 0. The zero-order valence-electron chi connectivity index (χ0n) is 6.10. The van der Waals surface area contributed by atoms with Crippen molar-refractivity contribution in [1.82, 2.24) is 5.09 Å². The highest BCUT2D eigenvalue weighted by Crippen LogP contribution is 2.07. The van der Waals surface area contributed by atoms with E-state index >= 15 is 0 Å². The van der Waals surface area contributed by atoms with E-state index in [4.69, 9.17) is 4.89 Å². The van der Waals surface area contributed by atoms with Gasteiger partial charge in [0.2, 0.25) is 0 Å². The Hall–Kier alpha value is -1.25. The summed E-state index contributed by atoms with van der Waals surface area (Å²) in [5.74, 6) is -0.542. The molecule has 1 rings (SSSR count). The maximum Gasteiger partial charge on any atom is 0.643 e. The molecule has 5 heteroatoms. The summed E-state index contributed by atoms with van der Waals surface area (Å²) in [5, 5.41) is 1.88. The van der Waals surface area contributed by atoms with Crippen LogP contribution < -0.4 is 5.09 Å². The van der Waals surface area contributed by atoms with Gasteiger partial charge in [0.25, 0.3) is 5.91 Å². The third-order valence-corrected chi connectivity index (χ3v) is 1.63. The number of amides is 1. The molecule has 1 unspecified atom stereocenters. The molecule has 1 atom stereocenters.